The number of methoxy groups -OCH3 is 1. The second-order valence-electron chi connectivity index (χ2n) is 4.04. The van der Waals surface area contributed by atoms with Crippen LogP contribution in [0.3, 0.4) is 0 Å². The van der Waals surface area contributed by atoms with Gasteiger partial charge < -0.3 is 9.84 Å². The Hall–Kier alpha value is -1.28. The van der Waals surface area contributed by atoms with Gasteiger partial charge in [-0.15, -0.1) is 0 Å². The van der Waals surface area contributed by atoms with Crippen LogP contribution in [-0.4, -0.2) is 45.7 Å². The average Bonchev–Trinajstić information content (AvgIpc) is 2.37. The fraction of sp³-hybridized carbons (Fsp3) is 0.417. The van der Waals surface area contributed by atoms with Crippen LogP contribution >= 0.6 is 0 Å². The molecule has 0 aromatic heterocycles. The third-order valence-corrected chi connectivity index (χ3v) is 3.88. The molecular formula is C12H17NO5S. The van der Waals surface area contributed by atoms with E-state index in [2.05, 4.69) is 4.72 Å². The molecule has 0 aliphatic rings. The molecule has 106 valence electrons. The van der Waals surface area contributed by atoms with Crippen LogP contribution in [0.4, 0.5) is 0 Å². The molecule has 6 nitrogen and oxygen atoms in total. The maximum atomic E-state index is 11.9. The highest BCUT2D eigenvalue weighted by Gasteiger charge is 2.16. The molecule has 1 aromatic carbocycles. The maximum absolute atomic E-state index is 11.9. The van der Waals surface area contributed by atoms with E-state index < -0.39 is 16.1 Å². The van der Waals surface area contributed by atoms with E-state index in [9.17, 15) is 18.3 Å². The van der Waals surface area contributed by atoms with Crippen LogP contribution in [-0.2, 0) is 14.8 Å². The van der Waals surface area contributed by atoms with Gasteiger partial charge in [0.05, 0.1) is 17.6 Å². The highest BCUT2D eigenvalue weighted by molar-refractivity contribution is 7.89. The Morgan fingerprint density at radius 3 is 2.42 bits per heavy atom. The van der Waals surface area contributed by atoms with E-state index in [1.54, 1.807) is 0 Å². The van der Waals surface area contributed by atoms with Crippen LogP contribution in [0.2, 0.25) is 0 Å². The predicted octanol–water partition coefficient (Wildman–Crippen LogP) is 0.175. The van der Waals surface area contributed by atoms with Crippen molar-refractivity contribution in [3.8, 4) is 0 Å². The summed E-state index contributed by atoms with van der Waals surface area (Å²) in [5.74, 6) is -0.132. The molecule has 0 radical (unpaired) electrons. The van der Waals surface area contributed by atoms with Gasteiger partial charge >= 0.3 is 0 Å². The number of hydrogen-bond acceptors (Lipinski definition) is 5. The molecule has 0 spiro atoms. The van der Waals surface area contributed by atoms with Gasteiger partial charge in [-0.05, 0) is 19.1 Å². The quantitative estimate of drug-likeness (QED) is 0.698. The van der Waals surface area contributed by atoms with Crippen molar-refractivity contribution in [2.75, 3.05) is 20.3 Å². The molecule has 0 saturated carbocycles. The fourth-order valence-electron chi connectivity index (χ4n) is 1.41. The third-order valence-electron chi connectivity index (χ3n) is 2.44. The lowest BCUT2D eigenvalue weighted by atomic mass is 10.2. The van der Waals surface area contributed by atoms with Crippen molar-refractivity contribution in [1.82, 2.24) is 4.72 Å². The van der Waals surface area contributed by atoms with Crippen LogP contribution in [0.5, 0.6) is 0 Å². The molecule has 0 amide bonds. The summed E-state index contributed by atoms with van der Waals surface area (Å²) in [6.45, 7) is 1.32. The molecular weight excluding hydrogens is 270 g/mol. The van der Waals surface area contributed by atoms with Crippen LogP contribution in [0.25, 0.3) is 0 Å². The zero-order chi connectivity index (χ0) is 14.5. The molecule has 0 heterocycles. The minimum atomic E-state index is -3.69. The molecule has 19 heavy (non-hydrogen) atoms. The molecule has 1 aromatic rings. The summed E-state index contributed by atoms with van der Waals surface area (Å²) in [5.41, 5.74) is 0.443. The number of Topliss-reactive ketones (excluding diaryl/α,β-unsaturated/α-hetero) is 1. The Morgan fingerprint density at radius 2 is 1.95 bits per heavy atom. The molecule has 0 bridgehead atoms. The van der Waals surface area contributed by atoms with Gasteiger partial charge in [0.2, 0.25) is 10.0 Å². The number of carbonyl (C=O) groups is 1. The number of nitrogens with one attached hydrogen (secondary N) is 1. The third kappa shape index (κ3) is 4.71. The van der Waals surface area contributed by atoms with E-state index in [0.29, 0.717) is 5.56 Å². The molecule has 0 aliphatic heterocycles. The van der Waals surface area contributed by atoms with Crippen molar-refractivity contribution in [1.29, 1.82) is 0 Å². The lowest BCUT2D eigenvalue weighted by Gasteiger charge is -2.11. The Kier molecular flexibility index (Phi) is 5.61. The lowest BCUT2D eigenvalue weighted by Crippen LogP contribution is -2.34. The van der Waals surface area contributed by atoms with Gasteiger partial charge in [0.1, 0.15) is 0 Å². The Labute approximate surface area is 112 Å². The van der Waals surface area contributed by atoms with Gasteiger partial charge in [-0.3, -0.25) is 4.79 Å². The van der Waals surface area contributed by atoms with Crippen molar-refractivity contribution >= 4 is 15.8 Å². The van der Waals surface area contributed by atoms with Gasteiger partial charge in [-0.2, -0.15) is 0 Å². The number of ketones is 1. The first-order valence-corrected chi connectivity index (χ1v) is 7.13. The van der Waals surface area contributed by atoms with Gasteiger partial charge in [0, 0.05) is 19.2 Å². The van der Waals surface area contributed by atoms with Crippen LogP contribution in [0, 0.1) is 0 Å². The summed E-state index contributed by atoms with van der Waals surface area (Å²) in [6, 6.07) is 5.59. The van der Waals surface area contributed by atoms with Gasteiger partial charge in [-0.1, -0.05) is 12.1 Å². The molecule has 1 unspecified atom stereocenters. The van der Waals surface area contributed by atoms with Gasteiger partial charge in [-0.25, -0.2) is 13.1 Å². The normalized spacial score (nSPS) is 13.2. The molecule has 2 N–H and O–H groups in total. The van der Waals surface area contributed by atoms with Crippen LogP contribution in [0.15, 0.2) is 29.2 Å². The topological polar surface area (TPSA) is 92.7 Å². The van der Waals surface area contributed by atoms with E-state index >= 15 is 0 Å². The van der Waals surface area contributed by atoms with Crippen molar-refractivity contribution in [2.24, 2.45) is 0 Å². The van der Waals surface area contributed by atoms with Crippen molar-refractivity contribution < 1.29 is 23.1 Å². The number of aliphatic hydroxyl groups excluding tert-OH is 1. The first-order chi connectivity index (χ1) is 8.86. The molecule has 1 atom stereocenters. The zero-order valence-corrected chi connectivity index (χ0v) is 11.6. The minimum absolute atomic E-state index is 0.0436. The Balaban J connectivity index is 2.74. The molecule has 0 saturated heterocycles. The average molecular weight is 287 g/mol. The van der Waals surface area contributed by atoms with Crippen molar-refractivity contribution in [3.63, 3.8) is 0 Å². The smallest absolute Gasteiger partial charge is 0.240 e. The predicted molar refractivity (Wildman–Crippen MR) is 69.5 cm³/mol. The lowest BCUT2D eigenvalue weighted by molar-refractivity contribution is 0.0679. The van der Waals surface area contributed by atoms with E-state index in [4.69, 9.17) is 4.74 Å². The van der Waals surface area contributed by atoms with Crippen LogP contribution in [0.1, 0.15) is 17.3 Å². The summed E-state index contributed by atoms with van der Waals surface area (Å²) in [5, 5.41) is 9.38. The number of carbonyl (C=O) groups excluding carboxylic acids is 1. The van der Waals surface area contributed by atoms with Gasteiger partial charge in [0.25, 0.3) is 0 Å². The van der Waals surface area contributed by atoms with E-state index in [1.165, 1.54) is 38.3 Å². The number of ether oxygens (including phenoxy) is 1. The number of benzene rings is 1. The van der Waals surface area contributed by atoms with E-state index in [1.807, 2.05) is 0 Å². The fourth-order valence-corrected chi connectivity index (χ4v) is 2.48. The molecule has 0 fully saturated rings. The standard InChI is InChI=1S/C12H17NO5S/c1-9(14)10-3-5-12(6-4-10)19(16,17)13-7-11(15)8-18-2/h3-6,11,13,15H,7-8H2,1-2H3. The summed E-state index contributed by atoms with van der Waals surface area (Å²) in [7, 11) is -2.28. The van der Waals surface area contributed by atoms with Crippen molar-refractivity contribution in [2.45, 2.75) is 17.9 Å². The summed E-state index contributed by atoms with van der Waals surface area (Å²) in [4.78, 5) is 11.1. The summed E-state index contributed by atoms with van der Waals surface area (Å²) in [6.07, 6.45) is -0.906. The second-order valence-corrected chi connectivity index (χ2v) is 5.81. The number of hydrogen-bond donors (Lipinski definition) is 2. The SMILES string of the molecule is COCC(O)CNS(=O)(=O)c1ccc(C(C)=O)cc1. The maximum Gasteiger partial charge on any atom is 0.240 e. The van der Waals surface area contributed by atoms with E-state index in [-0.39, 0.29) is 23.8 Å². The van der Waals surface area contributed by atoms with Crippen LogP contribution < -0.4 is 4.72 Å². The highest BCUT2D eigenvalue weighted by Crippen LogP contribution is 2.10. The minimum Gasteiger partial charge on any atom is -0.389 e. The molecule has 0 aliphatic carbocycles. The second kappa shape index (κ2) is 6.76. The van der Waals surface area contributed by atoms with Gasteiger partial charge in [0.15, 0.2) is 5.78 Å². The molecule has 7 heteroatoms. The summed E-state index contributed by atoms with van der Waals surface area (Å²) >= 11 is 0. The number of aliphatic hydroxyl groups is 1. The first-order valence-electron chi connectivity index (χ1n) is 5.64. The molecule has 1 rings (SSSR count). The number of sulfonamides is 1. The Bertz CT molecular complexity index is 524. The number of rotatable bonds is 7. The first kappa shape index (κ1) is 15.8. The zero-order valence-electron chi connectivity index (χ0n) is 10.8. The summed E-state index contributed by atoms with van der Waals surface area (Å²) < 4.78 is 30.7. The Morgan fingerprint density at radius 1 is 1.37 bits per heavy atom. The van der Waals surface area contributed by atoms with Crippen molar-refractivity contribution in [3.05, 3.63) is 29.8 Å². The van der Waals surface area contributed by atoms with E-state index in [0.717, 1.165) is 0 Å². The highest BCUT2D eigenvalue weighted by atomic mass is 32.2. The monoisotopic (exact) mass is 287 g/mol. The largest absolute Gasteiger partial charge is 0.389 e.